The minimum atomic E-state index is 0. The third-order valence-corrected chi connectivity index (χ3v) is 0. The number of hydrogen-bond acceptors (Lipinski definition) is 2. The predicted octanol–water partition coefficient (Wildman–Crippen LogP) is -3.70. The van der Waals surface area contributed by atoms with Crippen LogP contribution in [0, 0.1) is 0 Å². The molecule has 0 aromatic rings. The standard InChI is InChI=1S/2Al.2H3N.2H2O.2Ti.6H/h;;2*1H3;2*1H2;;;;;;;;. The van der Waals surface area contributed by atoms with E-state index in [0.29, 0.717) is 0 Å². The van der Waals surface area contributed by atoms with Crippen molar-refractivity contribution in [1.82, 2.24) is 12.3 Å². The van der Waals surface area contributed by atoms with Crippen molar-refractivity contribution in [2.24, 2.45) is 0 Å². The molecule has 0 aromatic heterocycles. The molecule has 0 saturated heterocycles. The molecule has 0 fully saturated rings. The Morgan fingerprint density at radius 2 is 0.500 bits per heavy atom. The number of hydrogen-bond donors (Lipinski definition) is 2. The summed E-state index contributed by atoms with van der Waals surface area (Å²) in [6, 6.07) is 0. The summed E-state index contributed by atoms with van der Waals surface area (Å²) in [6.45, 7) is 0. The molecule has 8 heteroatoms. The Balaban J connectivity index is 0. The van der Waals surface area contributed by atoms with Crippen LogP contribution < -0.4 is 12.3 Å². The summed E-state index contributed by atoms with van der Waals surface area (Å²) in [4.78, 5) is 0. The fourth-order valence-corrected chi connectivity index (χ4v) is 0. The Morgan fingerprint density at radius 1 is 0.500 bits per heavy atom. The largest absolute Gasteiger partial charge is 0.412 e. The first-order chi connectivity index (χ1) is 0. The van der Waals surface area contributed by atoms with Gasteiger partial charge in [0.2, 0.25) is 0 Å². The maximum atomic E-state index is 0. The van der Waals surface area contributed by atoms with Gasteiger partial charge in [0, 0.05) is 43.4 Å². The van der Waals surface area contributed by atoms with Crippen molar-refractivity contribution in [2.75, 3.05) is 0 Å². The molecule has 0 bridgehead atoms. The zero-order valence-electron chi connectivity index (χ0n) is 3.41. The van der Waals surface area contributed by atoms with Crippen molar-refractivity contribution in [1.29, 1.82) is 0 Å². The Bertz CT molecular complexity index is 16.0. The summed E-state index contributed by atoms with van der Waals surface area (Å²) in [5.41, 5.74) is 0. The molecule has 0 aromatic carbocycles. The maximum absolute atomic E-state index is 0. The second-order valence-corrected chi connectivity index (χ2v) is 0. The molecule has 0 amide bonds. The molecule has 0 aliphatic rings. The summed E-state index contributed by atoms with van der Waals surface area (Å²) in [7, 11) is 0. The minimum absolute atomic E-state index is 0. The average Bonchev–Trinajstić information content (AvgIpc) is 0. The van der Waals surface area contributed by atoms with Gasteiger partial charge in [-0.3, -0.25) is 0 Å². The third-order valence-electron chi connectivity index (χ3n) is 0. The van der Waals surface area contributed by atoms with E-state index in [1.54, 1.807) is 0 Å². The van der Waals surface area contributed by atoms with E-state index in [-0.39, 0.29) is 101 Å². The SMILES string of the molecule is N.N.O.O.[AlH3].[AlH3].[Ti].[Ti]. The van der Waals surface area contributed by atoms with E-state index in [9.17, 15) is 0 Å². The molecule has 0 aliphatic carbocycles. The van der Waals surface area contributed by atoms with Gasteiger partial charge in [0.15, 0.2) is 34.7 Å². The fraction of sp³-hybridized carbons (Fsp3) is 0. The zero-order valence-corrected chi connectivity index (χ0v) is 6.54. The molecule has 0 spiro atoms. The molecule has 0 atom stereocenters. The van der Waals surface area contributed by atoms with Crippen molar-refractivity contribution >= 4 is 34.7 Å². The van der Waals surface area contributed by atoms with Crippen molar-refractivity contribution in [2.45, 2.75) is 0 Å². The van der Waals surface area contributed by atoms with E-state index in [2.05, 4.69) is 0 Å². The first kappa shape index (κ1) is 165. The molecule has 8 heavy (non-hydrogen) atoms. The van der Waals surface area contributed by atoms with Crippen LogP contribution in [0.15, 0.2) is 0 Å². The predicted molar refractivity (Wildman–Crippen MR) is 37.1 cm³/mol. The second kappa shape index (κ2) is 119. The van der Waals surface area contributed by atoms with Gasteiger partial charge in [-0.15, -0.1) is 0 Å². The first-order valence-corrected chi connectivity index (χ1v) is 0. The molecular weight excluding hydrogens is 210 g/mol. The first-order valence-electron chi connectivity index (χ1n) is 0. The molecule has 52 valence electrons. The van der Waals surface area contributed by atoms with E-state index < -0.39 is 0 Å². The van der Waals surface area contributed by atoms with Crippen LogP contribution in [-0.2, 0) is 43.4 Å². The summed E-state index contributed by atoms with van der Waals surface area (Å²) in [5.74, 6) is 0. The summed E-state index contributed by atoms with van der Waals surface area (Å²) in [6.07, 6.45) is 0. The van der Waals surface area contributed by atoms with Gasteiger partial charge in [-0.25, -0.2) is 0 Å². The molecule has 0 saturated carbocycles. The maximum Gasteiger partial charge on any atom is 0.187 e. The fourth-order valence-electron chi connectivity index (χ4n) is 0. The van der Waals surface area contributed by atoms with Gasteiger partial charge in [0.1, 0.15) is 0 Å². The van der Waals surface area contributed by atoms with Crippen LogP contribution in [0.1, 0.15) is 0 Å². The molecule has 0 aliphatic heterocycles. The molecule has 0 radical (unpaired) electrons. The Morgan fingerprint density at radius 3 is 0.500 bits per heavy atom. The van der Waals surface area contributed by atoms with Crippen LogP contribution >= 0.6 is 0 Å². The molecule has 0 rings (SSSR count). The Hall–Kier alpha value is 2.33. The van der Waals surface area contributed by atoms with Gasteiger partial charge in [0.25, 0.3) is 0 Å². The van der Waals surface area contributed by atoms with E-state index in [1.807, 2.05) is 0 Å². The molecule has 0 unspecified atom stereocenters. The second-order valence-electron chi connectivity index (χ2n) is 0. The quantitative estimate of drug-likeness (QED) is 0.411. The van der Waals surface area contributed by atoms with Gasteiger partial charge in [-0.2, -0.15) is 0 Å². The van der Waals surface area contributed by atoms with Crippen LogP contribution in [0.3, 0.4) is 0 Å². The summed E-state index contributed by atoms with van der Waals surface area (Å²) in [5, 5.41) is 0. The van der Waals surface area contributed by atoms with E-state index in [1.165, 1.54) is 0 Å². The number of rotatable bonds is 0. The Labute approximate surface area is 100 Å². The topological polar surface area (TPSA) is 133 Å². The van der Waals surface area contributed by atoms with Gasteiger partial charge in [0.05, 0.1) is 0 Å². The van der Waals surface area contributed by atoms with E-state index >= 15 is 0 Å². The third kappa shape index (κ3) is 82.3. The van der Waals surface area contributed by atoms with E-state index in [0.717, 1.165) is 0 Å². The summed E-state index contributed by atoms with van der Waals surface area (Å²) < 4.78 is 0. The molecular formula is H16Al2N2O2Ti2. The normalized spacial score (nSPS) is 0. The van der Waals surface area contributed by atoms with Crippen LogP contribution in [0.2, 0.25) is 0 Å². The van der Waals surface area contributed by atoms with Crippen LogP contribution in [-0.4, -0.2) is 45.7 Å². The van der Waals surface area contributed by atoms with E-state index in [4.69, 9.17) is 0 Å². The van der Waals surface area contributed by atoms with Crippen LogP contribution in [0.25, 0.3) is 0 Å². The van der Waals surface area contributed by atoms with Crippen LogP contribution in [0.5, 0.6) is 0 Å². The minimum Gasteiger partial charge on any atom is -0.412 e. The average molecular weight is 226 g/mol. The molecule has 0 heterocycles. The smallest absolute Gasteiger partial charge is 0.187 e. The van der Waals surface area contributed by atoms with Crippen molar-refractivity contribution in [3.63, 3.8) is 0 Å². The van der Waals surface area contributed by atoms with Crippen molar-refractivity contribution in [3.8, 4) is 0 Å². The monoisotopic (exact) mass is 226 g/mol. The molecule has 4 nitrogen and oxygen atoms in total. The van der Waals surface area contributed by atoms with Crippen molar-refractivity contribution in [3.05, 3.63) is 0 Å². The van der Waals surface area contributed by atoms with Gasteiger partial charge in [-0.05, 0) is 0 Å². The molecule has 10 N–H and O–H groups in total. The van der Waals surface area contributed by atoms with Gasteiger partial charge in [-0.1, -0.05) is 0 Å². The Kier molecular flexibility index (Phi) is 2460. The summed E-state index contributed by atoms with van der Waals surface area (Å²) >= 11 is 0. The van der Waals surface area contributed by atoms with Gasteiger partial charge >= 0.3 is 0 Å². The van der Waals surface area contributed by atoms with Crippen LogP contribution in [0.4, 0.5) is 0 Å². The zero-order chi connectivity index (χ0) is 0. The van der Waals surface area contributed by atoms with Gasteiger partial charge < -0.3 is 23.3 Å². The van der Waals surface area contributed by atoms with Crippen molar-refractivity contribution < 1.29 is 54.4 Å².